The summed E-state index contributed by atoms with van der Waals surface area (Å²) in [7, 11) is 5.50. The monoisotopic (exact) mass is 447 g/mol. The molecule has 0 aromatic carbocycles. The lowest BCUT2D eigenvalue weighted by Gasteiger charge is -2.40. The van der Waals surface area contributed by atoms with Crippen molar-refractivity contribution in [3.8, 4) is 17.0 Å². The highest BCUT2D eigenvalue weighted by Crippen LogP contribution is 2.37. The number of rotatable bonds is 7. The van der Waals surface area contributed by atoms with Crippen LogP contribution in [0.5, 0.6) is 5.88 Å². The third-order valence-electron chi connectivity index (χ3n) is 5.89. The molecule has 4 aromatic heterocycles. The molecular weight excluding hydrogens is 422 g/mol. The molecule has 0 bridgehead atoms. The number of aromatic amines is 1. The number of anilines is 2. The first-order valence-electron chi connectivity index (χ1n) is 10.6. The average Bonchev–Trinajstić information content (AvgIpc) is 3.49. The third-order valence-corrected chi connectivity index (χ3v) is 5.89. The van der Waals surface area contributed by atoms with E-state index in [1.165, 1.54) is 6.08 Å². The van der Waals surface area contributed by atoms with Crippen LogP contribution in [0.25, 0.3) is 22.2 Å². The predicted octanol–water partition coefficient (Wildman–Crippen LogP) is 2.39. The molecular formula is C22H25N9O2. The van der Waals surface area contributed by atoms with Crippen molar-refractivity contribution in [2.45, 2.75) is 25.0 Å². The molecule has 1 fully saturated rings. The number of nitrogens with zero attached hydrogens (tertiary/aromatic N) is 7. The minimum absolute atomic E-state index is 0.0592. The van der Waals surface area contributed by atoms with Crippen LogP contribution < -0.4 is 10.1 Å². The summed E-state index contributed by atoms with van der Waals surface area (Å²) in [6.07, 6.45) is 11.9. The number of likely N-dealkylation sites (N-methyl/N-ethyl adjacent to an activating group) is 1. The number of amides is 1. The van der Waals surface area contributed by atoms with Gasteiger partial charge in [0.05, 0.1) is 23.5 Å². The summed E-state index contributed by atoms with van der Waals surface area (Å²) < 4.78 is 9.79. The van der Waals surface area contributed by atoms with E-state index in [4.69, 9.17) is 4.74 Å². The van der Waals surface area contributed by atoms with E-state index < -0.39 is 0 Å². The van der Waals surface area contributed by atoms with Crippen LogP contribution in [0.3, 0.4) is 0 Å². The van der Waals surface area contributed by atoms with Crippen molar-refractivity contribution in [2.75, 3.05) is 12.4 Å². The topological polar surface area (TPSA) is 119 Å². The van der Waals surface area contributed by atoms with Crippen molar-refractivity contribution in [1.82, 2.24) is 39.4 Å². The standard InChI is InChI=1S/C22H25N9O2/c1-5-18(32)31(4)15-6-16(7-15)33-21-19-17(13-8-24-29(2)11-13)10-23-20(19)27-22(28-21)26-14-9-25-30(3)12-14/h5,8-12,15-16H,1,6-7H2,2-4H3,(H2,23,26,27,28)/t15-,16-. The van der Waals surface area contributed by atoms with E-state index in [1.807, 2.05) is 32.7 Å². The number of carbonyl (C=O) groups excluding carboxylic acids is 1. The first-order chi connectivity index (χ1) is 15.9. The Bertz CT molecular complexity index is 1330. The van der Waals surface area contributed by atoms with Gasteiger partial charge in [-0.15, -0.1) is 0 Å². The third kappa shape index (κ3) is 3.93. The summed E-state index contributed by atoms with van der Waals surface area (Å²) >= 11 is 0. The maximum Gasteiger partial charge on any atom is 0.245 e. The van der Waals surface area contributed by atoms with Crippen LogP contribution in [0.4, 0.5) is 11.6 Å². The molecule has 0 saturated heterocycles. The van der Waals surface area contributed by atoms with Crippen LogP contribution in [-0.2, 0) is 18.9 Å². The van der Waals surface area contributed by atoms with Gasteiger partial charge in [-0.25, -0.2) is 0 Å². The lowest BCUT2D eigenvalue weighted by atomic mass is 9.88. The fraction of sp³-hybridized carbons (Fsp3) is 0.318. The molecule has 1 aliphatic carbocycles. The molecule has 11 heteroatoms. The maximum atomic E-state index is 11.9. The van der Waals surface area contributed by atoms with Gasteiger partial charge in [0.2, 0.25) is 17.7 Å². The highest BCUT2D eigenvalue weighted by molar-refractivity contribution is 5.97. The van der Waals surface area contributed by atoms with Crippen molar-refractivity contribution in [3.63, 3.8) is 0 Å². The molecule has 0 aliphatic heterocycles. The van der Waals surface area contributed by atoms with E-state index in [0.29, 0.717) is 17.5 Å². The number of hydrogen-bond acceptors (Lipinski definition) is 7. The number of carbonyl (C=O) groups is 1. The summed E-state index contributed by atoms with van der Waals surface area (Å²) in [5.41, 5.74) is 3.28. The van der Waals surface area contributed by atoms with Crippen molar-refractivity contribution < 1.29 is 9.53 Å². The second kappa shape index (κ2) is 8.08. The first-order valence-corrected chi connectivity index (χ1v) is 10.6. The molecule has 0 spiro atoms. The predicted molar refractivity (Wildman–Crippen MR) is 123 cm³/mol. The van der Waals surface area contributed by atoms with Gasteiger partial charge < -0.3 is 19.9 Å². The zero-order valence-corrected chi connectivity index (χ0v) is 18.7. The Hall–Kier alpha value is -4.15. The van der Waals surface area contributed by atoms with Crippen LogP contribution in [-0.4, -0.2) is 64.5 Å². The molecule has 4 heterocycles. The maximum absolute atomic E-state index is 11.9. The summed E-state index contributed by atoms with van der Waals surface area (Å²) in [5, 5.41) is 12.4. The number of nitrogens with one attached hydrogen (secondary N) is 2. The molecule has 170 valence electrons. The van der Waals surface area contributed by atoms with Crippen molar-refractivity contribution in [3.05, 3.63) is 43.6 Å². The molecule has 0 unspecified atom stereocenters. The number of ether oxygens (including phenoxy) is 1. The summed E-state index contributed by atoms with van der Waals surface area (Å²) in [4.78, 5) is 26.2. The van der Waals surface area contributed by atoms with Gasteiger partial charge in [-0.05, 0) is 6.08 Å². The lowest BCUT2D eigenvalue weighted by molar-refractivity contribution is -0.130. The van der Waals surface area contributed by atoms with Crippen LogP contribution in [0, 0.1) is 0 Å². The molecule has 33 heavy (non-hydrogen) atoms. The van der Waals surface area contributed by atoms with Gasteiger partial charge in [0.1, 0.15) is 11.8 Å². The van der Waals surface area contributed by atoms with E-state index in [0.717, 1.165) is 35.0 Å². The van der Waals surface area contributed by atoms with E-state index in [9.17, 15) is 4.79 Å². The molecule has 2 N–H and O–H groups in total. The molecule has 11 nitrogen and oxygen atoms in total. The minimum atomic E-state index is -0.0877. The van der Waals surface area contributed by atoms with Gasteiger partial charge in [0, 0.05) is 69.7 Å². The number of H-pyrrole nitrogens is 1. The van der Waals surface area contributed by atoms with E-state index >= 15 is 0 Å². The SMILES string of the molecule is C=CC(=O)N(C)[C@H]1C[C@H](Oc2nc(Nc3cnn(C)c3)nc3[nH]cc(-c4cnn(C)c4)c23)C1. The summed E-state index contributed by atoms with van der Waals surface area (Å²) in [6, 6.07) is 0.120. The fourth-order valence-corrected chi connectivity index (χ4v) is 3.98. The van der Waals surface area contributed by atoms with Crippen LogP contribution >= 0.6 is 0 Å². The first kappa shape index (κ1) is 20.7. The zero-order valence-electron chi connectivity index (χ0n) is 18.7. The largest absolute Gasteiger partial charge is 0.474 e. The molecule has 1 aliphatic rings. The van der Waals surface area contributed by atoms with E-state index in [2.05, 4.69) is 37.0 Å². The van der Waals surface area contributed by atoms with Crippen molar-refractivity contribution in [2.24, 2.45) is 14.1 Å². The Morgan fingerprint density at radius 3 is 2.67 bits per heavy atom. The lowest BCUT2D eigenvalue weighted by Crippen LogP contribution is -2.49. The van der Waals surface area contributed by atoms with Gasteiger partial charge in [0.15, 0.2) is 0 Å². The second-order valence-electron chi connectivity index (χ2n) is 8.23. The molecule has 0 radical (unpaired) electrons. The number of fused-ring (bicyclic) bond motifs is 1. The van der Waals surface area contributed by atoms with Gasteiger partial charge in [0.25, 0.3) is 0 Å². The quantitative estimate of drug-likeness (QED) is 0.418. The number of aromatic nitrogens is 7. The molecule has 4 aromatic rings. The van der Waals surface area contributed by atoms with Crippen molar-refractivity contribution >= 4 is 28.6 Å². The van der Waals surface area contributed by atoms with Gasteiger partial charge >= 0.3 is 0 Å². The van der Waals surface area contributed by atoms with Gasteiger partial charge in [-0.1, -0.05) is 6.58 Å². The Balaban J connectivity index is 1.47. The zero-order chi connectivity index (χ0) is 23.1. The average molecular weight is 448 g/mol. The summed E-state index contributed by atoms with van der Waals surface area (Å²) in [6.45, 7) is 3.56. The van der Waals surface area contributed by atoms with Gasteiger partial charge in [-0.2, -0.15) is 20.2 Å². The Morgan fingerprint density at radius 2 is 2.00 bits per heavy atom. The molecule has 1 amide bonds. The number of hydrogen-bond donors (Lipinski definition) is 2. The number of aryl methyl sites for hydroxylation is 2. The van der Waals surface area contributed by atoms with E-state index in [1.54, 1.807) is 33.7 Å². The molecule has 0 atom stereocenters. The second-order valence-corrected chi connectivity index (χ2v) is 8.23. The summed E-state index contributed by atoms with van der Waals surface area (Å²) in [5.74, 6) is 0.794. The Morgan fingerprint density at radius 1 is 1.24 bits per heavy atom. The van der Waals surface area contributed by atoms with Gasteiger partial charge in [-0.3, -0.25) is 14.2 Å². The molecule has 5 rings (SSSR count). The highest BCUT2D eigenvalue weighted by Gasteiger charge is 2.36. The Labute approximate surface area is 190 Å². The Kier molecular flexibility index (Phi) is 5.08. The van der Waals surface area contributed by atoms with Crippen LogP contribution in [0.2, 0.25) is 0 Å². The smallest absolute Gasteiger partial charge is 0.245 e. The minimum Gasteiger partial charge on any atom is -0.474 e. The molecule has 1 saturated carbocycles. The van der Waals surface area contributed by atoms with Crippen LogP contribution in [0.15, 0.2) is 43.6 Å². The van der Waals surface area contributed by atoms with E-state index in [-0.39, 0.29) is 18.1 Å². The van der Waals surface area contributed by atoms with Crippen LogP contribution in [0.1, 0.15) is 12.8 Å². The fourth-order valence-electron chi connectivity index (χ4n) is 3.98. The normalized spacial score (nSPS) is 17.5. The van der Waals surface area contributed by atoms with Crippen molar-refractivity contribution in [1.29, 1.82) is 0 Å². The highest BCUT2D eigenvalue weighted by atomic mass is 16.5.